The van der Waals surface area contributed by atoms with Crippen LogP contribution >= 0.6 is 11.3 Å². The standard InChI is InChI=1S/C13H22N2OS/c1-5-10(6-2)12(16)14-7-11-8-17-13(15-11)9(3)4/h8-10H,5-7H2,1-4H3,(H,14,16). The highest BCUT2D eigenvalue weighted by Gasteiger charge is 2.14. The first-order chi connectivity index (χ1) is 8.08. The number of thiazole rings is 1. The number of hydrogen-bond acceptors (Lipinski definition) is 3. The molecule has 0 aliphatic rings. The van der Waals surface area contributed by atoms with Crippen molar-refractivity contribution in [2.45, 2.75) is 53.0 Å². The van der Waals surface area contributed by atoms with Crippen molar-refractivity contribution in [1.82, 2.24) is 10.3 Å². The van der Waals surface area contributed by atoms with E-state index in [1.165, 1.54) is 0 Å². The van der Waals surface area contributed by atoms with Crippen molar-refractivity contribution in [1.29, 1.82) is 0 Å². The van der Waals surface area contributed by atoms with Gasteiger partial charge in [-0.15, -0.1) is 11.3 Å². The highest BCUT2D eigenvalue weighted by molar-refractivity contribution is 7.09. The van der Waals surface area contributed by atoms with Crippen LogP contribution in [-0.4, -0.2) is 10.9 Å². The van der Waals surface area contributed by atoms with Crippen molar-refractivity contribution in [3.05, 3.63) is 16.1 Å². The Balaban J connectivity index is 2.47. The Morgan fingerprint density at radius 1 is 1.41 bits per heavy atom. The van der Waals surface area contributed by atoms with E-state index in [1.54, 1.807) is 11.3 Å². The number of amides is 1. The predicted molar refractivity (Wildman–Crippen MR) is 72.1 cm³/mol. The number of hydrogen-bond donors (Lipinski definition) is 1. The molecule has 4 heteroatoms. The van der Waals surface area contributed by atoms with E-state index in [0.717, 1.165) is 23.5 Å². The molecule has 17 heavy (non-hydrogen) atoms. The van der Waals surface area contributed by atoms with Crippen molar-refractivity contribution in [2.24, 2.45) is 5.92 Å². The van der Waals surface area contributed by atoms with Crippen LogP contribution in [0.2, 0.25) is 0 Å². The zero-order chi connectivity index (χ0) is 12.8. The molecule has 0 aliphatic carbocycles. The highest BCUT2D eigenvalue weighted by Crippen LogP contribution is 2.19. The largest absolute Gasteiger partial charge is 0.350 e. The number of rotatable bonds is 6. The zero-order valence-electron chi connectivity index (χ0n) is 11.1. The fourth-order valence-corrected chi connectivity index (χ4v) is 2.49. The minimum atomic E-state index is 0.137. The van der Waals surface area contributed by atoms with Crippen molar-refractivity contribution >= 4 is 17.2 Å². The van der Waals surface area contributed by atoms with Gasteiger partial charge in [0.2, 0.25) is 5.91 Å². The van der Waals surface area contributed by atoms with E-state index in [1.807, 2.05) is 19.2 Å². The van der Waals surface area contributed by atoms with Gasteiger partial charge in [-0.25, -0.2) is 4.98 Å². The Hall–Kier alpha value is -0.900. The van der Waals surface area contributed by atoms with Crippen LogP contribution in [0.15, 0.2) is 5.38 Å². The lowest BCUT2D eigenvalue weighted by atomic mass is 10.0. The second-order valence-corrected chi connectivity index (χ2v) is 5.45. The summed E-state index contributed by atoms with van der Waals surface area (Å²) in [7, 11) is 0. The van der Waals surface area contributed by atoms with Crippen LogP contribution in [0.1, 0.15) is 57.2 Å². The molecule has 0 atom stereocenters. The van der Waals surface area contributed by atoms with Crippen molar-refractivity contribution in [3.8, 4) is 0 Å². The van der Waals surface area contributed by atoms with E-state index in [4.69, 9.17) is 0 Å². The van der Waals surface area contributed by atoms with Gasteiger partial charge in [0.25, 0.3) is 0 Å². The molecule has 0 spiro atoms. The van der Waals surface area contributed by atoms with Gasteiger partial charge >= 0.3 is 0 Å². The van der Waals surface area contributed by atoms with Gasteiger partial charge in [0, 0.05) is 17.2 Å². The molecule has 0 unspecified atom stereocenters. The van der Waals surface area contributed by atoms with Gasteiger partial charge in [-0.2, -0.15) is 0 Å². The Bertz CT molecular complexity index is 356. The quantitative estimate of drug-likeness (QED) is 0.846. The molecule has 0 bridgehead atoms. The van der Waals surface area contributed by atoms with Crippen LogP contribution in [0.25, 0.3) is 0 Å². The summed E-state index contributed by atoms with van der Waals surface area (Å²) in [5.41, 5.74) is 0.970. The highest BCUT2D eigenvalue weighted by atomic mass is 32.1. The average molecular weight is 254 g/mol. The summed E-state index contributed by atoms with van der Waals surface area (Å²) in [5.74, 6) is 0.746. The summed E-state index contributed by atoms with van der Waals surface area (Å²) < 4.78 is 0. The molecular weight excluding hydrogens is 232 g/mol. The maximum absolute atomic E-state index is 11.8. The van der Waals surface area contributed by atoms with E-state index < -0.39 is 0 Å². The summed E-state index contributed by atoms with van der Waals surface area (Å²) in [6.07, 6.45) is 1.80. The molecule has 3 nitrogen and oxygen atoms in total. The second-order valence-electron chi connectivity index (χ2n) is 4.56. The fourth-order valence-electron chi connectivity index (χ4n) is 1.65. The molecule has 0 saturated carbocycles. The van der Waals surface area contributed by atoms with Gasteiger partial charge in [-0.3, -0.25) is 4.79 Å². The molecule has 1 rings (SSSR count). The Morgan fingerprint density at radius 3 is 2.53 bits per heavy atom. The number of nitrogens with zero attached hydrogens (tertiary/aromatic N) is 1. The van der Waals surface area contributed by atoms with Crippen LogP contribution in [0.4, 0.5) is 0 Å². The van der Waals surface area contributed by atoms with Crippen LogP contribution in [0.3, 0.4) is 0 Å². The molecule has 1 N–H and O–H groups in total. The van der Waals surface area contributed by atoms with Gasteiger partial charge in [0.1, 0.15) is 0 Å². The van der Waals surface area contributed by atoms with E-state index in [0.29, 0.717) is 12.5 Å². The topological polar surface area (TPSA) is 42.0 Å². The van der Waals surface area contributed by atoms with E-state index >= 15 is 0 Å². The van der Waals surface area contributed by atoms with E-state index in [2.05, 4.69) is 24.1 Å². The van der Waals surface area contributed by atoms with Gasteiger partial charge in [0.15, 0.2) is 0 Å². The van der Waals surface area contributed by atoms with Crippen LogP contribution in [0, 0.1) is 5.92 Å². The maximum Gasteiger partial charge on any atom is 0.223 e. The molecule has 1 heterocycles. The molecule has 0 aromatic carbocycles. The molecule has 1 aromatic rings. The monoisotopic (exact) mass is 254 g/mol. The molecule has 0 saturated heterocycles. The third-order valence-electron chi connectivity index (χ3n) is 2.86. The number of carbonyl (C=O) groups excluding carboxylic acids is 1. The fraction of sp³-hybridized carbons (Fsp3) is 0.692. The van der Waals surface area contributed by atoms with Gasteiger partial charge in [-0.1, -0.05) is 27.7 Å². The lowest BCUT2D eigenvalue weighted by molar-refractivity contribution is -0.125. The third-order valence-corrected chi connectivity index (χ3v) is 4.06. The van der Waals surface area contributed by atoms with E-state index in [-0.39, 0.29) is 11.8 Å². The summed E-state index contributed by atoms with van der Waals surface area (Å²) in [4.78, 5) is 16.3. The molecule has 1 amide bonds. The van der Waals surface area contributed by atoms with Crippen LogP contribution < -0.4 is 5.32 Å². The summed E-state index contributed by atoms with van der Waals surface area (Å²) in [5, 5.41) is 6.12. The first kappa shape index (κ1) is 14.2. The van der Waals surface area contributed by atoms with Crippen LogP contribution in [-0.2, 0) is 11.3 Å². The molecule has 0 radical (unpaired) electrons. The predicted octanol–water partition coefficient (Wildman–Crippen LogP) is 3.32. The first-order valence-electron chi connectivity index (χ1n) is 6.30. The van der Waals surface area contributed by atoms with Crippen LogP contribution in [0.5, 0.6) is 0 Å². The lowest BCUT2D eigenvalue weighted by Crippen LogP contribution is -2.29. The van der Waals surface area contributed by atoms with Crippen molar-refractivity contribution in [3.63, 3.8) is 0 Å². The van der Waals surface area contributed by atoms with Gasteiger partial charge in [-0.05, 0) is 12.8 Å². The zero-order valence-corrected chi connectivity index (χ0v) is 11.9. The molecule has 1 aromatic heterocycles. The summed E-state index contributed by atoms with van der Waals surface area (Å²) in [6.45, 7) is 8.91. The molecule has 0 fully saturated rings. The summed E-state index contributed by atoms with van der Waals surface area (Å²) in [6, 6.07) is 0. The Morgan fingerprint density at radius 2 is 2.06 bits per heavy atom. The Labute approximate surface area is 108 Å². The normalized spacial score (nSPS) is 11.2. The molecule has 0 aliphatic heterocycles. The number of aromatic nitrogens is 1. The number of carbonyl (C=O) groups is 1. The number of nitrogens with one attached hydrogen (secondary N) is 1. The maximum atomic E-state index is 11.8. The Kier molecular flexibility index (Phi) is 5.62. The van der Waals surface area contributed by atoms with Gasteiger partial charge < -0.3 is 5.32 Å². The van der Waals surface area contributed by atoms with E-state index in [9.17, 15) is 4.79 Å². The SMILES string of the molecule is CCC(CC)C(=O)NCc1csc(C(C)C)n1. The second kappa shape index (κ2) is 6.74. The first-order valence-corrected chi connectivity index (χ1v) is 7.18. The average Bonchev–Trinajstić information content (AvgIpc) is 2.76. The summed E-state index contributed by atoms with van der Waals surface area (Å²) >= 11 is 1.67. The molecular formula is C13H22N2OS. The smallest absolute Gasteiger partial charge is 0.223 e. The van der Waals surface area contributed by atoms with Crippen molar-refractivity contribution in [2.75, 3.05) is 0 Å². The third kappa shape index (κ3) is 4.11. The lowest BCUT2D eigenvalue weighted by Gasteiger charge is -2.11. The molecule has 96 valence electrons. The van der Waals surface area contributed by atoms with Gasteiger partial charge in [0.05, 0.1) is 17.2 Å². The minimum absolute atomic E-state index is 0.137. The minimum Gasteiger partial charge on any atom is -0.350 e. The van der Waals surface area contributed by atoms with Crippen molar-refractivity contribution < 1.29 is 4.79 Å².